The molecule has 1 aromatic rings. The van der Waals surface area contributed by atoms with E-state index in [1.54, 1.807) is 0 Å². The molecule has 2 saturated carbocycles. The number of rotatable bonds is 6. The van der Waals surface area contributed by atoms with E-state index in [9.17, 15) is 20.0 Å². The number of anilines is 1. The highest BCUT2D eigenvalue weighted by molar-refractivity contribution is 6.34. The number of nitrogens with one attached hydrogen (secondary N) is 1. The standard InChI is InChI=1S/C14H15ClN2O4/c15-11-6-9(17(20)21)5-10(14(18)19)13(11)16-12(7-1-2-7)8-3-4-8/h5-8,12,16H,1-4H2,(H,18,19). The highest BCUT2D eigenvalue weighted by Crippen LogP contribution is 2.47. The molecule has 2 fully saturated rings. The molecule has 0 bridgehead atoms. The summed E-state index contributed by atoms with van der Waals surface area (Å²) < 4.78 is 0. The first-order chi connectivity index (χ1) is 9.97. The van der Waals surface area contributed by atoms with Gasteiger partial charge in [-0.3, -0.25) is 10.1 Å². The summed E-state index contributed by atoms with van der Waals surface area (Å²) in [4.78, 5) is 21.6. The second kappa shape index (κ2) is 5.18. The molecule has 0 atom stereocenters. The van der Waals surface area contributed by atoms with Gasteiger partial charge in [0.1, 0.15) is 0 Å². The topological polar surface area (TPSA) is 92.5 Å². The number of halogens is 1. The van der Waals surface area contributed by atoms with Gasteiger partial charge < -0.3 is 10.4 Å². The SMILES string of the molecule is O=C(O)c1cc([N+](=O)[O-])cc(Cl)c1NC(C1CC1)C1CC1. The van der Waals surface area contributed by atoms with Crippen molar-refractivity contribution in [3.63, 3.8) is 0 Å². The summed E-state index contributed by atoms with van der Waals surface area (Å²) >= 11 is 6.09. The van der Waals surface area contributed by atoms with E-state index in [0.717, 1.165) is 31.7 Å². The Balaban J connectivity index is 1.95. The summed E-state index contributed by atoms with van der Waals surface area (Å²) in [7, 11) is 0. The van der Waals surface area contributed by atoms with Crippen molar-refractivity contribution in [1.82, 2.24) is 0 Å². The summed E-state index contributed by atoms with van der Waals surface area (Å²) in [5, 5.41) is 23.5. The monoisotopic (exact) mass is 310 g/mol. The molecule has 6 nitrogen and oxygen atoms in total. The Morgan fingerprint density at radius 1 is 1.33 bits per heavy atom. The first-order valence-corrected chi connectivity index (χ1v) is 7.33. The van der Waals surface area contributed by atoms with Gasteiger partial charge in [-0.1, -0.05) is 11.6 Å². The van der Waals surface area contributed by atoms with Crippen LogP contribution < -0.4 is 5.32 Å². The van der Waals surface area contributed by atoms with Crippen LogP contribution in [0.5, 0.6) is 0 Å². The van der Waals surface area contributed by atoms with Crippen LogP contribution in [-0.2, 0) is 0 Å². The number of carbonyl (C=O) groups is 1. The number of hydrogen-bond acceptors (Lipinski definition) is 4. The van der Waals surface area contributed by atoms with E-state index in [4.69, 9.17) is 11.6 Å². The Hall–Kier alpha value is -1.82. The van der Waals surface area contributed by atoms with E-state index in [2.05, 4.69) is 5.32 Å². The summed E-state index contributed by atoms with van der Waals surface area (Å²) in [6, 6.07) is 2.49. The molecule has 3 rings (SSSR count). The zero-order valence-corrected chi connectivity index (χ0v) is 12.0. The van der Waals surface area contributed by atoms with Crippen LogP contribution in [-0.4, -0.2) is 22.0 Å². The second-order valence-corrected chi connectivity index (χ2v) is 6.16. The number of carboxylic acid groups (broad SMARTS) is 1. The molecule has 7 heteroatoms. The molecule has 0 saturated heterocycles. The number of benzene rings is 1. The zero-order valence-electron chi connectivity index (χ0n) is 11.2. The third-order valence-electron chi connectivity index (χ3n) is 4.09. The molecular formula is C14H15ClN2O4. The van der Waals surface area contributed by atoms with Gasteiger partial charge in [0.25, 0.3) is 5.69 Å². The predicted octanol–water partition coefficient (Wildman–Crippen LogP) is 3.55. The zero-order chi connectivity index (χ0) is 15.1. The van der Waals surface area contributed by atoms with Crippen molar-refractivity contribution in [2.24, 2.45) is 11.8 Å². The number of non-ortho nitro benzene ring substituents is 1. The Bertz CT molecular complexity index is 599. The van der Waals surface area contributed by atoms with Crippen molar-refractivity contribution in [3.05, 3.63) is 32.8 Å². The van der Waals surface area contributed by atoms with E-state index in [1.807, 2.05) is 0 Å². The second-order valence-electron chi connectivity index (χ2n) is 5.76. The fraction of sp³-hybridized carbons (Fsp3) is 0.500. The van der Waals surface area contributed by atoms with Crippen molar-refractivity contribution in [3.8, 4) is 0 Å². The van der Waals surface area contributed by atoms with E-state index in [-0.39, 0.29) is 22.3 Å². The summed E-state index contributed by atoms with van der Waals surface area (Å²) in [6.45, 7) is 0. The van der Waals surface area contributed by atoms with Gasteiger partial charge in [0, 0.05) is 18.2 Å². The maximum absolute atomic E-state index is 11.4. The van der Waals surface area contributed by atoms with E-state index in [1.165, 1.54) is 6.07 Å². The van der Waals surface area contributed by atoms with Crippen LogP contribution >= 0.6 is 11.6 Å². The van der Waals surface area contributed by atoms with Crippen LogP contribution in [0.2, 0.25) is 5.02 Å². The summed E-state index contributed by atoms with van der Waals surface area (Å²) in [5.41, 5.74) is -0.142. The fourth-order valence-corrected chi connectivity index (χ4v) is 2.98. The lowest BCUT2D eigenvalue weighted by Gasteiger charge is -2.21. The van der Waals surface area contributed by atoms with E-state index < -0.39 is 10.9 Å². The van der Waals surface area contributed by atoms with Crippen LogP contribution in [0.3, 0.4) is 0 Å². The maximum Gasteiger partial charge on any atom is 0.338 e. The summed E-state index contributed by atoms with van der Waals surface area (Å²) in [6.07, 6.45) is 4.56. The minimum absolute atomic E-state index is 0.0906. The Kier molecular flexibility index (Phi) is 3.49. The van der Waals surface area contributed by atoms with Crippen molar-refractivity contribution in [2.45, 2.75) is 31.7 Å². The lowest BCUT2D eigenvalue weighted by atomic mass is 10.0. The molecule has 0 spiro atoms. The molecule has 0 heterocycles. The van der Waals surface area contributed by atoms with Crippen LogP contribution in [0.1, 0.15) is 36.0 Å². The average molecular weight is 311 g/mol. The number of nitrogens with zero attached hydrogens (tertiary/aromatic N) is 1. The van der Waals surface area contributed by atoms with Crippen molar-refractivity contribution in [2.75, 3.05) is 5.32 Å². The first kappa shape index (κ1) is 14.1. The van der Waals surface area contributed by atoms with Crippen LogP contribution in [0.15, 0.2) is 12.1 Å². The lowest BCUT2D eigenvalue weighted by Crippen LogP contribution is -2.25. The minimum atomic E-state index is -1.21. The van der Waals surface area contributed by atoms with Gasteiger partial charge in [-0.15, -0.1) is 0 Å². The Morgan fingerprint density at radius 2 is 1.90 bits per heavy atom. The average Bonchev–Trinajstić information content (AvgIpc) is 3.27. The Labute approximate surface area is 126 Å². The molecule has 2 aliphatic carbocycles. The van der Waals surface area contributed by atoms with Gasteiger partial charge in [-0.05, 0) is 37.5 Å². The maximum atomic E-state index is 11.4. The van der Waals surface area contributed by atoms with Gasteiger partial charge >= 0.3 is 5.97 Å². The fourth-order valence-electron chi connectivity index (χ4n) is 2.71. The van der Waals surface area contributed by atoms with Crippen molar-refractivity contribution >= 4 is 28.9 Å². The highest BCUT2D eigenvalue weighted by Gasteiger charge is 2.42. The van der Waals surface area contributed by atoms with Gasteiger partial charge in [0.2, 0.25) is 0 Å². The summed E-state index contributed by atoms with van der Waals surface area (Å²) in [5.74, 6) is -0.0933. The number of carboxylic acids is 1. The minimum Gasteiger partial charge on any atom is -0.478 e. The largest absolute Gasteiger partial charge is 0.478 e. The van der Waals surface area contributed by atoms with Gasteiger partial charge in [0.15, 0.2) is 0 Å². The number of aromatic carboxylic acids is 1. The molecular weight excluding hydrogens is 296 g/mol. The van der Waals surface area contributed by atoms with Crippen LogP contribution in [0, 0.1) is 22.0 Å². The third kappa shape index (κ3) is 2.95. The Morgan fingerprint density at radius 3 is 2.33 bits per heavy atom. The molecule has 0 amide bonds. The van der Waals surface area contributed by atoms with E-state index >= 15 is 0 Å². The molecule has 0 aliphatic heterocycles. The van der Waals surface area contributed by atoms with E-state index in [0.29, 0.717) is 17.5 Å². The quantitative estimate of drug-likeness (QED) is 0.619. The molecule has 2 N–H and O–H groups in total. The third-order valence-corrected chi connectivity index (χ3v) is 4.39. The normalized spacial score (nSPS) is 17.8. The lowest BCUT2D eigenvalue weighted by molar-refractivity contribution is -0.384. The molecule has 2 aliphatic rings. The van der Waals surface area contributed by atoms with Gasteiger partial charge in [-0.25, -0.2) is 4.79 Å². The van der Waals surface area contributed by atoms with Crippen molar-refractivity contribution in [1.29, 1.82) is 0 Å². The number of hydrogen-bond donors (Lipinski definition) is 2. The number of nitro benzene ring substituents is 1. The molecule has 1 aromatic carbocycles. The van der Waals surface area contributed by atoms with Crippen molar-refractivity contribution < 1.29 is 14.8 Å². The predicted molar refractivity (Wildman–Crippen MR) is 77.9 cm³/mol. The number of nitro groups is 1. The molecule has 0 unspecified atom stereocenters. The van der Waals surface area contributed by atoms with Crippen LogP contribution in [0.25, 0.3) is 0 Å². The highest BCUT2D eigenvalue weighted by atomic mass is 35.5. The smallest absolute Gasteiger partial charge is 0.338 e. The first-order valence-electron chi connectivity index (χ1n) is 6.95. The van der Waals surface area contributed by atoms with Gasteiger partial charge in [0.05, 0.1) is 21.2 Å². The molecule has 21 heavy (non-hydrogen) atoms. The molecule has 112 valence electrons. The van der Waals surface area contributed by atoms with Gasteiger partial charge in [-0.2, -0.15) is 0 Å². The molecule has 0 aromatic heterocycles. The van der Waals surface area contributed by atoms with Crippen LogP contribution in [0.4, 0.5) is 11.4 Å². The molecule has 0 radical (unpaired) electrons.